The van der Waals surface area contributed by atoms with Crippen molar-refractivity contribution in [2.45, 2.75) is 20.0 Å². The standard InChI is InChI=1S/C16H18BrNO2/c1-2-20-15-9-5-7-13(16(15)19)11-18-10-12-6-3-4-8-14(12)17/h3-9,18-19H,2,10-11H2,1H3. The number of phenolic OH excluding ortho intramolecular Hbond substituents is 1. The van der Waals surface area contributed by atoms with E-state index >= 15 is 0 Å². The zero-order valence-corrected chi connectivity index (χ0v) is 13.0. The summed E-state index contributed by atoms with van der Waals surface area (Å²) in [6, 6.07) is 13.6. The van der Waals surface area contributed by atoms with Crippen LogP contribution in [0.15, 0.2) is 46.9 Å². The highest BCUT2D eigenvalue weighted by Crippen LogP contribution is 2.29. The molecule has 0 unspecified atom stereocenters. The number of hydrogen-bond donors (Lipinski definition) is 2. The summed E-state index contributed by atoms with van der Waals surface area (Å²) in [7, 11) is 0. The molecule has 2 aromatic carbocycles. The summed E-state index contributed by atoms with van der Waals surface area (Å²) in [5.74, 6) is 0.752. The highest BCUT2D eigenvalue weighted by molar-refractivity contribution is 9.10. The van der Waals surface area contributed by atoms with Crippen molar-refractivity contribution in [1.82, 2.24) is 5.32 Å². The number of hydrogen-bond acceptors (Lipinski definition) is 3. The Labute approximate surface area is 127 Å². The lowest BCUT2D eigenvalue weighted by atomic mass is 10.1. The molecule has 0 amide bonds. The molecule has 0 atom stereocenters. The number of para-hydroxylation sites is 1. The van der Waals surface area contributed by atoms with Crippen molar-refractivity contribution in [3.8, 4) is 11.5 Å². The maximum atomic E-state index is 10.1. The summed E-state index contributed by atoms with van der Waals surface area (Å²) in [6.07, 6.45) is 0. The van der Waals surface area contributed by atoms with Gasteiger partial charge in [0.25, 0.3) is 0 Å². The van der Waals surface area contributed by atoms with Gasteiger partial charge in [-0.05, 0) is 24.6 Å². The molecule has 2 rings (SSSR count). The number of rotatable bonds is 6. The molecule has 2 aromatic rings. The Morgan fingerprint density at radius 2 is 1.75 bits per heavy atom. The van der Waals surface area contributed by atoms with Gasteiger partial charge in [-0.3, -0.25) is 0 Å². The second-order valence-electron chi connectivity index (χ2n) is 4.39. The van der Waals surface area contributed by atoms with Crippen LogP contribution in [-0.4, -0.2) is 11.7 Å². The van der Waals surface area contributed by atoms with Crippen LogP contribution in [0.3, 0.4) is 0 Å². The van der Waals surface area contributed by atoms with E-state index in [0.717, 1.165) is 16.6 Å². The molecule has 20 heavy (non-hydrogen) atoms. The van der Waals surface area contributed by atoms with Gasteiger partial charge in [0.05, 0.1) is 6.61 Å². The molecule has 0 bridgehead atoms. The maximum absolute atomic E-state index is 10.1. The molecule has 4 heteroatoms. The lowest BCUT2D eigenvalue weighted by Gasteiger charge is -2.11. The van der Waals surface area contributed by atoms with Crippen LogP contribution in [0.1, 0.15) is 18.1 Å². The topological polar surface area (TPSA) is 41.5 Å². The maximum Gasteiger partial charge on any atom is 0.162 e. The Balaban J connectivity index is 1.98. The number of nitrogens with one attached hydrogen (secondary N) is 1. The molecule has 3 nitrogen and oxygen atoms in total. The van der Waals surface area contributed by atoms with Crippen molar-refractivity contribution in [1.29, 1.82) is 0 Å². The van der Waals surface area contributed by atoms with Gasteiger partial charge in [-0.2, -0.15) is 0 Å². The molecule has 0 aromatic heterocycles. The van der Waals surface area contributed by atoms with Crippen LogP contribution in [-0.2, 0) is 13.1 Å². The number of benzene rings is 2. The third-order valence-corrected chi connectivity index (χ3v) is 3.74. The van der Waals surface area contributed by atoms with Gasteiger partial charge in [0, 0.05) is 23.1 Å². The lowest BCUT2D eigenvalue weighted by molar-refractivity contribution is 0.316. The summed E-state index contributed by atoms with van der Waals surface area (Å²) >= 11 is 3.52. The normalized spacial score (nSPS) is 10.5. The van der Waals surface area contributed by atoms with E-state index in [-0.39, 0.29) is 5.75 Å². The van der Waals surface area contributed by atoms with Gasteiger partial charge >= 0.3 is 0 Å². The molecule has 0 spiro atoms. The van der Waals surface area contributed by atoms with Crippen LogP contribution >= 0.6 is 15.9 Å². The Hall–Kier alpha value is -1.52. The molecule has 2 N–H and O–H groups in total. The first-order valence-electron chi connectivity index (χ1n) is 6.60. The molecular formula is C16H18BrNO2. The largest absolute Gasteiger partial charge is 0.504 e. The quantitative estimate of drug-likeness (QED) is 0.842. The molecule has 0 fully saturated rings. The van der Waals surface area contributed by atoms with Crippen molar-refractivity contribution < 1.29 is 9.84 Å². The van der Waals surface area contributed by atoms with Gasteiger partial charge in [-0.25, -0.2) is 0 Å². The van der Waals surface area contributed by atoms with Gasteiger partial charge in [0.1, 0.15) is 0 Å². The fraction of sp³-hybridized carbons (Fsp3) is 0.250. The third-order valence-electron chi connectivity index (χ3n) is 2.97. The average molecular weight is 336 g/mol. The van der Waals surface area contributed by atoms with Crippen LogP contribution in [0, 0.1) is 0 Å². The zero-order valence-electron chi connectivity index (χ0n) is 11.4. The predicted molar refractivity (Wildman–Crippen MR) is 84.0 cm³/mol. The van der Waals surface area contributed by atoms with E-state index < -0.39 is 0 Å². The Morgan fingerprint density at radius 1 is 1.05 bits per heavy atom. The van der Waals surface area contributed by atoms with Gasteiger partial charge in [-0.1, -0.05) is 46.3 Å². The van der Waals surface area contributed by atoms with E-state index in [4.69, 9.17) is 4.74 Å². The number of phenols is 1. The molecule has 0 saturated heterocycles. The van der Waals surface area contributed by atoms with E-state index in [9.17, 15) is 5.11 Å². The van der Waals surface area contributed by atoms with Crippen LogP contribution in [0.5, 0.6) is 11.5 Å². The average Bonchev–Trinajstić information content (AvgIpc) is 2.45. The number of ether oxygens (including phenoxy) is 1. The van der Waals surface area contributed by atoms with E-state index in [1.165, 1.54) is 5.56 Å². The monoisotopic (exact) mass is 335 g/mol. The summed E-state index contributed by atoms with van der Waals surface area (Å²) in [5, 5.41) is 13.4. The molecule has 0 aliphatic rings. The molecule has 0 saturated carbocycles. The minimum Gasteiger partial charge on any atom is -0.504 e. The number of halogens is 1. The molecule has 0 aliphatic carbocycles. The fourth-order valence-electron chi connectivity index (χ4n) is 1.96. The minimum absolute atomic E-state index is 0.217. The lowest BCUT2D eigenvalue weighted by Crippen LogP contribution is -2.13. The second-order valence-corrected chi connectivity index (χ2v) is 5.25. The summed E-state index contributed by atoms with van der Waals surface area (Å²) in [5.41, 5.74) is 2.02. The van der Waals surface area contributed by atoms with E-state index in [1.807, 2.05) is 37.3 Å². The van der Waals surface area contributed by atoms with Gasteiger partial charge in [0.15, 0.2) is 11.5 Å². The van der Waals surface area contributed by atoms with Crippen LogP contribution in [0.4, 0.5) is 0 Å². The van der Waals surface area contributed by atoms with E-state index in [0.29, 0.717) is 18.9 Å². The minimum atomic E-state index is 0.217. The van der Waals surface area contributed by atoms with Gasteiger partial charge in [-0.15, -0.1) is 0 Å². The molecule has 0 aliphatic heterocycles. The summed E-state index contributed by atoms with van der Waals surface area (Å²) in [4.78, 5) is 0. The predicted octanol–water partition coefficient (Wildman–Crippen LogP) is 3.84. The van der Waals surface area contributed by atoms with Crippen molar-refractivity contribution in [2.75, 3.05) is 6.61 Å². The molecule has 0 heterocycles. The Kier molecular flexibility index (Phi) is 5.44. The van der Waals surface area contributed by atoms with Gasteiger partial charge in [0.2, 0.25) is 0 Å². The van der Waals surface area contributed by atoms with E-state index in [2.05, 4.69) is 27.3 Å². The Morgan fingerprint density at radius 3 is 2.50 bits per heavy atom. The SMILES string of the molecule is CCOc1cccc(CNCc2ccccc2Br)c1O. The number of aromatic hydroxyl groups is 1. The Bertz CT molecular complexity index is 572. The highest BCUT2D eigenvalue weighted by Gasteiger charge is 2.07. The second kappa shape index (κ2) is 7.31. The van der Waals surface area contributed by atoms with Crippen molar-refractivity contribution in [3.63, 3.8) is 0 Å². The zero-order chi connectivity index (χ0) is 14.4. The first kappa shape index (κ1) is 14.9. The molecular weight excluding hydrogens is 318 g/mol. The molecule has 0 radical (unpaired) electrons. The van der Waals surface area contributed by atoms with Crippen molar-refractivity contribution >= 4 is 15.9 Å². The highest BCUT2D eigenvalue weighted by atomic mass is 79.9. The third kappa shape index (κ3) is 3.74. The fourth-order valence-corrected chi connectivity index (χ4v) is 2.38. The van der Waals surface area contributed by atoms with Crippen LogP contribution < -0.4 is 10.1 Å². The van der Waals surface area contributed by atoms with Crippen molar-refractivity contribution in [2.24, 2.45) is 0 Å². The smallest absolute Gasteiger partial charge is 0.162 e. The van der Waals surface area contributed by atoms with E-state index in [1.54, 1.807) is 6.07 Å². The van der Waals surface area contributed by atoms with Crippen LogP contribution in [0.2, 0.25) is 0 Å². The first-order valence-corrected chi connectivity index (χ1v) is 7.39. The molecule has 106 valence electrons. The van der Waals surface area contributed by atoms with Crippen LogP contribution in [0.25, 0.3) is 0 Å². The summed E-state index contributed by atoms with van der Waals surface area (Å²) in [6.45, 7) is 3.77. The first-order chi connectivity index (χ1) is 9.72. The van der Waals surface area contributed by atoms with Gasteiger partial charge < -0.3 is 15.2 Å². The summed E-state index contributed by atoms with van der Waals surface area (Å²) < 4.78 is 6.46. The van der Waals surface area contributed by atoms with Crippen molar-refractivity contribution in [3.05, 3.63) is 58.1 Å².